The Labute approximate surface area is 65.6 Å². The molecule has 0 aromatic carbocycles. The van der Waals surface area contributed by atoms with Gasteiger partial charge in [-0.25, -0.2) is 5.48 Å². The van der Waals surface area contributed by atoms with E-state index in [0.29, 0.717) is 18.3 Å². The molecule has 1 aliphatic carbocycles. The number of nitrogens with one attached hydrogen (secondary N) is 1. The van der Waals surface area contributed by atoms with Gasteiger partial charge in [0.2, 0.25) is 0 Å². The van der Waals surface area contributed by atoms with Crippen molar-refractivity contribution in [1.29, 1.82) is 0 Å². The lowest BCUT2D eigenvalue weighted by Gasteiger charge is -2.03. The summed E-state index contributed by atoms with van der Waals surface area (Å²) < 4.78 is 0. The van der Waals surface area contributed by atoms with Crippen LogP contribution in [0.4, 0.5) is 0 Å². The average Bonchev–Trinajstić information content (AvgIpc) is 2.69. The maximum absolute atomic E-state index is 9.81. The fraction of sp³-hybridized carbons (Fsp3) is 0.714. The van der Waals surface area contributed by atoms with Crippen molar-refractivity contribution in [3.63, 3.8) is 0 Å². The van der Waals surface area contributed by atoms with Gasteiger partial charge in [-0.05, 0) is 12.3 Å². The number of hydroxylamine groups is 1. The van der Waals surface area contributed by atoms with E-state index in [1.165, 1.54) is 0 Å². The number of aliphatic imine (C=N–C) groups is 1. The number of nitrogens with zero attached hydrogens (tertiary/aromatic N) is 1. The molecule has 0 spiro atoms. The largest absolute Gasteiger partial charge is 0.346 e. The zero-order chi connectivity index (χ0) is 8.27. The Bertz CT molecular complexity index is 179. The van der Waals surface area contributed by atoms with E-state index in [-0.39, 0.29) is 0 Å². The van der Waals surface area contributed by atoms with Gasteiger partial charge in [-0.2, -0.15) is 0 Å². The molecule has 2 unspecified atom stereocenters. The first kappa shape index (κ1) is 8.04. The summed E-state index contributed by atoms with van der Waals surface area (Å²) in [6.45, 7) is 2.50. The molecule has 0 aromatic rings. The molecule has 1 N–H and O–H groups in total. The molecular weight excluding hydrogens is 144 g/mol. The number of carbonyl (C=O) groups excluding carboxylic acids is 1. The summed E-state index contributed by atoms with van der Waals surface area (Å²) in [4.78, 5) is 18.1. The van der Waals surface area contributed by atoms with Crippen LogP contribution < -0.4 is 5.48 Å². The first-order valence-electron chi connectivity index (χ1n) is 3.61. The van der Waals surface area contributed by atoms with Crippen molar-refractivity contribution in [1.82, 2.24) is 5.48 Å². The third-order valence-corrected chi connectivity index (χ3v) is 1.91. The predicted molar refractivity (Wildman–Crippen MR) is 40.9 cm³/mol. The Morgan fingerprint density at radius 1 is 1.82 bits per heavy atom. The summed E-state index contributed by atoms with van der Waals surface area (Å²) in [6.07, 6.45) is 1.13. The number of hydrogen-bond acceptors (Lipinski definition) is 3. The van der Waals surface area contributed by atoms with Crippen LogP contribution in [-0.4, -0.2) is 19.4 Å². The van der Waals surface area contributed by atoms with E-state index in [1.54, 1.807) is 7.05 Å². The monoisotopic (exact) mass is 156 g/mol. The Kier molecular flexibility index (Phi) is 2.46. The molecule has 0 radical (unpaired) electrons. The summed E-state index contributed by atoms with van der Waals surface area (Å²) in [7, 11) is 1.68. The van der Waals surface area contributed by atoms with Crippen molar-refractivity contribution in [2.24, 2.45) is 16.8 Å². The Morgan fingerprint density at radius 3 is 2.82 bits per heavy atom. The highest BCUT2D eigenvalue weighted by Crippen LogP contribution is 2.38. The normalized spacial score (nSPS) is 29.5. The smallest absolute Gasteiger partial charge is 0.320 e. The van der Waals surface area contributed by atoms with E-state index < -0.39 is 0 Å². The molecule has 0 saturated heterocycles. The van der Waals surface area contributed by atoms with Crippen molar-refractivity contribution in [2.75, 3.05) is 7.05 Å². The SMILES string of the molecule is CN=C(NOC=O)C1CC1C. The lowest BCUT2D eigenvalue weighted by atomic mass is 10.3. The molecule has 1 saturated carbocycles. The van der Waals surface area contributed by atoms with Gasteiger partial charge in [0.1, 0.15) is 5.84 Å². The summed E-state index contributed by atoms with van der Waals surface area (Å²) in [5.74, 6) is 1.89. The highest BCUT2D eigenvalue weighted by Gasteiger charge is 2.37. The van der Waals surface area contributed by atoms with E-state index in [4.69, 9.17) is 0 Å². The summed E-state index contributed by atoms with van der Waals surface area (Å²) in [5.41, 5.74) is 2.49. The minimum atomic E-state index is 0.359. The predicted octanol–water partition coefficient (Wildman–Crippen LogP) is 0.348. The summed E-state index contributed by atoms with van der Waals surface area (Å²) >= 11 is 0. The van der Waals surface area contributed by atoms with Gasteiger partial charge in [-0.15, -0.1) is 0 Å². The first-order chi connectivity index (χ1) is 5.29. The molecule has 0 bridgehead atoms. The third-order valence-electron chi connectivity index (χ3n) is 1.91. The van der Waals surface area contributed by atoms with E-state index in [0.717, 1.165) is 12.3 Å². The molecule has 0 amide bonds. The molecule has 62 valence electrons. The van der Waals surface area contributed by atoms with Gasteiger partial charge in [0.05, 0.1) is 0 Å². The second kappa shape index (κ2) is 3.37. The molecule has 11 heavy (non-hydrogen) atoms. The van der Waals surface area contributed by atoms with Gasteiger partial charge in [-0.3, -0.25) is 9.79 Å². The van der Waals surface area contributed by atoms with Crippen LogP contribution in [0.1, 0.15) is 13.3 Å². The summed E-state index contributed by atoms with van der Waals surface area (Å²) in [6, 6.07) is 0. The molecule has 1 aliphatic rings. The zero-order valence-corrected chi connectivity index (χ0v) is 6.70. The van der Waals surface area contributed by atoms with Crippen LogP contribution in [0.5, 0.6) is 0 Å². The topological polar surface area (TPSA) is 50.7 Å². The van der Waals surface area contributed by atoms with E-state index >= 15 is 0 Å². The highest BCUT2D eigenvalue weighted by atomic mass is 16.7. The highest BCUT2D eigenvalue weighted by molar-refractivity contribution is 5.86. The van der Waals surface area contributed by atoms with Gasteiger partial charge in [0.15, 0.2) is 0 Å². The van der Waals surface area contributed by atoms with Crippen molar-refractivity contribution in [3.8, 4) is 0 Å². The van der Waals surface area contributed by atoms with Gasteiger partial charge in [0.25, 0.3) is 0 Å². The van der Waals surface area contributed by atoms with Crippen molar-refractivity contribution >= 4 is 12.3 Å². The van der Waals surface area contributed by atoms with Crippen LogP contribution in [-0.2, 0) is 9.63 Å². The lowest BCUT2D eigenvalue weighted by Crippen LogP contribution is -2.25. The standard InChI is InChI=1S/C7H12N2O2/c1-5-3-6(5)7(8-2)9-11-4-10/h4-6H,3H2,1-2H3,(H,8,9). The van der Waals surface area contributed by atoms with Crippen molar-refractivity contribution < 1.29 is 9.63 Å². The Morgan fingerprint density at radius 2 is 2.45 bits per heavy atom. The Balaban J connectivity index is 2.33. The molecule has 4 heteroatoms. The van der Waals surface area contributed by atoms with Crippen LogP contribution in [0, 0.1) is 11.8 Å². The minimum absolute atomic E-state index is 0.359. The van der Waals surface area contributed by atoms with Crippen LogP contribution in [0.15, 0.2) is 4.99 Å². The van der Waals surface area contributed by atoms with E-state index in [2.05, 4.69) is 22.2 Å². The fourth-order valence-corrected chi connectivity index (χ4v) is 1.07. The second-order valence-electron chi connectivity index (χ2n) is 2.74. The van der Waals surface area contributed by atoms with E-state index in [9.17, 15) is 4.79 Å². The van der Waals surface area contributed by atoms with E-state index in [1.807, 2.05) is 0 Å². The number of amidine groups is 1. The van der Waals surface area contributed by atoms with Gasteiger partial charge in [0, 0.05) is 13.0 Å². The maximum atomic E-state index is 9.81. The van der Waals surface area contributed by atoms with Crippen LogP contribution in [0.3, 0.4) is 0 Å². The van der Waals surface area contributed by atoms with Gasteiger partial charge in [-0.1, -0.05) is 6.92 Å². The average molecular weight is 156 g/mol. The van der Waals surface area contributed by atoms with Crippen molar-refractivity contribution in [3.05, 3.63) is 0 Å². The molecular formula is C7H12N2O2. The molecule has 1 rings (SSSR count). The molecule has 0 aliphatic heterocycles. The first-order valence-corrected chi connectivity index (χ1v) is 3.61. The van der Waals surface area contributed by atoms with Crippen molar-refractivity contribution in [2.45, 2.75) is 13.3 Å². The Hall–Kier alpha value is -1.06. The third kappa shape index (κ3) is 1.93. The second-order valence-corrected chi connectivity index (χ2v) is 2.74. The molecule has 0 aromatic heterocycles. The van der Waals surface area contributed by atoms with Gasteiger partial charge >= 0.3 is 6.47 Å². The summed E-state index contributed by atoms with van der Waals surface area (Å²) in [5, 5.41) is 0. The van der Waals surface area contributed by atoms with Crippen LogP contribution in [0.25, 0.3) is 0 Å². The number of rotatable bonds is 3. The molecule has 1 fully saturated rings. The number of carbonyl (C=O) groups is 1. The van der Waals surface area contributed by atoms with Gasteiger partial charge < -0.3 is 4.84 Å². The van der Waals surface area contributed by atoms with Crippen LogP contribution in [0.2, 0.25) is 0 Å². The molecule has 4 nitrogen and oxygen atoms in total. The zero-order valence-electron chi connectivity index (χ0n) is 6.70. The lowest BCUT2D eigenvalue weighted by molar-refractivity contribution is -0.132. The minimum Gasteiger partial charge on any atom is -0.346 e. The molecule has 0 heterocycles. The molecule has 2 atom stereocenters. The number of hydrogen-bond donors (Lipinski definition) is 1. The van der Waals surface area contributed by atoms with Crippen LogP contribution >= 0.6 is 0 Å². The quantitative estimate of drug-likeness (QED) is 0.277. The fourth-order valence-electron chi connectivity index (χ4n) is 1.07. The maximum Gasteiger partial charge on any atom is 0.320 e.